The number of nitrogens with zero attached hydrogens (tertiary/aromatic N) is 1. The lowest BCUT2D eigenvalue weighted by atomic mass is 10.1. The van der Waals surface area contributed by atoms with Crippen molar-refractivity contribution in [3.05, 3.63) is 23.8 Å². The van der Waals surface area contributed by atoms with Gasteiger partial charge in [0.05, 0.1) is 19.6 Å². The first-order valence-corrected chi connectivity index (χ1v) is 4.26. The lowest BCUT2D eigenvalue weighted by Crippen LogP contribution is -2.17. The lowest BCUT2D eigenvalue weighted by molar-refractivity contribution is -0.274. The molecule has 1 aromatic rings. The van der Waals surface area contributed by atoms with Gasteiger partial charge in [-0.1, -0.05) is 6.07 Å². The van der Waals surface area contributed by atoms with E-state index in [1.54, 1.807) is 0 Å². The number of methoxy groups -OCH3 is 1. The zero-order valence-corrected chi connectivity index (χ0v) is 8.34. The molecule has 1 aromatic carbocycles. The first kappa shape index (κ1) is 12.2. The highest BCUT2D eigenvalue weighted by Gasteiger charge is 2.31. The molecule has 0 saturated carbocycles. The van der Waals surface area contributed by atoms with E-state index in [0.717, 1.165) is 12.1 Å². The van der Waals surface area contributed by atoms with Gasteiger partial charge in [0.25, 0.3) is 0 Å². The fourth-order valence-corrected chi connectivity index (χ4v) is 1.15. The highest BCUT2D eigenvalue weighted by Crippen LogP contribution is 2.29. The molecule has 0 aliphatic heterocycles. The average molecular weight is 231 g/mol. The van der Waals surface area contributed by atoms with Gasteiger partial charge >= 0.3 is 6.36 Å². The molecular formula is C10H8F3NO2. The Labute approximate surface area is 90.0 Å². The first-order valence-electron chi connectivity index (χ1n) is 4.26. The number of hydrogen-bond acceptors (Lipinski definition) is 3. The molecule has 16 heavy (non-hydrogen) atoms. The number of nitriles is 1. The first-order chi connectivity index (χ1) is 7.46. The van der Waals surface area contributed by atoms with E-state index in [9.17, 15) is 13.2 Å². The zero-order valence-electron chi connectivity index (χ0n) is 8.34. The third kappa shape index (κ3) is 3.35. The van der Waals surface area contributed by atoms with Gasteiger partial charge in [-0.15, -0.1) is 13.2 Å². The summed E-state index contributed by atoms with van der Waals surface area (Å²) in [6.45, 7) is 0. The molecule has 86 valence electrons. The maximum absolute atomic E-state index is 11.9. The van der Waals surface area contributed by atoms with Gasteiger partial charge in [0.1, 0.15) is 11.5 Å². The van der Waals surface area contributed by atoms with Gasteiger partial charge in [-0.2, -0.15) is 5.26 Å². The molecule has 0 aliphatic rings. The summed E-state index contributed by atoms with van der Waals surface area (Å²) in [6.07, 6.45) is -4.67. The van der Waals surface area contributed by atoms with Crippen molar-refractivity contribution in [3.8, 4) is 17.6 Å². The van der Waals surface area contributed by atoms with Crippen molar-refractivity contribution in [2.75, 3.05) is 7.11 Å². The number of ether oxygens (including phenoxy) is 2. The SMILES string of the molecule is COc1cc(OC(F)(F)F)ccc1CC#N. The van der Waals surface area contributed by atoms with E-state index in [1.165, 1.54) is 13.2 Å². The van der Waals surface area contributed by atoms with Crippen LogP contribution in [0.4, 0.5) is 13.2 Å². The van der Waals surface area contributed by atoms with Crippen molar-refractivity contribution in [2.45, 2.75) is 12.8 Å². The second-order valence-electron chi connectivity index (χ2n) is 2.86. The Balaban J connectivity index is 2.96. The molecule has 0 aromatic heterocycles. The molecule has 0 aliphatic carbocycles. The zero-order chi connectivity index (χ0) is 12.2. The maximum Gasteiger partial charge on any atom is 0.573 e. The highest BCUT2D eigenvalue weighted by atomic mass is 19.4. The Morgan fingerprint density at radius 2 is 2.06 bits per heavy atom. The topological polar surface area (TPSA) is 42.2 Å². The van der Waals surface area contributed by atoms with Crippen LogP contribution in [0, 0.1) is 11.3 Å². The summed E-state index contributed by atoms with van der Waals surface area (Å²) in [6, 6.07) is 5.49. The molecule has 0 atom stereocenters. The monoisotopic (exact) mass is 231 g/mol. The summed E-state index contributed by atoms with van der Waals surface area (Å²) in [5.74, 6) is -0.172. The van der Waals surface area contributed by atoms with Gasteiger partial charge in [-0.3, -0.25) is 0 Å². The van der Waals surface area contributed by atoms with Crippen LogP contribution in [0.3, 0.4) is 0 Å². The Morgan fingerprint density at radius 1 is 1.38 bits per heavy atom. The number of alkyl halides is 3. The molecule has 0 radical (unpaired) electrons. The van der Waals surface area contributed by atoms with Gasteiger partial charge in [-0.25, -0.2) is 0 Å². The van der Waals surface area contributed by atoms with E-state index >= 15 is 0 Å². The number of rotatable bonds is 3. The van der Waals surface area contributed by atoms with Gasteiger partial charge in [-0.05, 0) is 6.07 Å². The van der Waals surface area contributed by atoms with Crippen LogP contribution >= 0.6 is 0 Å². The second-order valence-corrected chi connectivity index (χ2v) is 2.86. The fourth-order valence-electron chi connectivity index (χ4n) is 1.15. The predicted molar refractivity (Wildman–Crippen MR) is 49.0 cm³/mol. The highest BCUT2D eigenvalue weighted by molar-refractivity contribution is 5.42. The molecule has 6 heteroatoms. The minimum Gasteiger partial charge on any atom is -0.496 e. The molecule has 1 rings (SSSR count). The predicted octanol–water partition coefficient (Wildman–Crippen LogP) is 2.66. The molecule has 3 nitrogen and oxygen atoms in total. The molecule has 0 heterocycles. The van der Waals surface area contributed by atoms with Crippen LogP contribution in [0.5, 0.6) is 11.5 Å². The van der Waals surface area contributed by atoms with Crippen LogP contribution in [-0.2, 0) is 6.42 Å². The molecular weight excluding hydrogens is 223 g/mol. The third-order valence-electron chi connectivity index (χ3n) is 1.76. The molecule has 0 amide bonds. The molecule has 0 bridgehead atoms. The van der Waals surface area contributed by atoms with Crippen LogP contribution in [0.2, 0.25) is 0 Å². The van der Waals surface area contributed by atoms with E-state index in [-0.39, 0.29) is 17.9 Å². The Kier molecular flexibility index (Phi) is 3.61. The van der Waals surface area contributed by atoms with Gasteiger partial charge in [0, 0.05) is 11.6 Å². The van der Waals surface area contributed by atoms with E-state index in [0.29, 0.717) is 5.56 Å². The molecule has 0 saturated heterocycles. The average Bonchev–Trinajstić information content (AvgIpc) is 2.18. The summed E-state index contributed by atoms with van der Waals surface area (Å²) in [5.41, 5.74) is 0.513. The normalized spacial score (nSPS) is 10.7. The van der Waals surface area contributed by atoms with E-state index in [2.05, 4.69) is 4.74 Å². The Morgan fingerprint density at radius 3 is 2.56 bits per heavy atom. The summed E-state index contributed by atoms with van der Waals surface area (Å²) in [7, 11) is 1.31. The minimum atomic E-state index is -4.73. The minimum absolute atomic E-state index is 0.0650. The van der Waals surface area contributed by atoms with Gasteiger partial charge < -0.3 is 9.47 Å². The van der Waals surface area contributed by atoms with Crippen LogP contribution in [0.25, 0.3) is 0 Å². The van der Waals surface area contributed by atoms with Gasteiger partial charge in [0.15, 0.2) is 0 Å². The molecule has 0 N–H and O–H groups in total. The van der Waals surface area contributed by atoms with Crippen molar-refractivity contribution in [3.63, 3.8) is 0 Å². The summed E-state index contributed by atoms with van der Waals surface area (Å²) >= 11 is 0. The van der Waals surface area contributed by atoms with E-state index in [4.69, 9.17) is 10.00 Å². The fraction of sp³-hybridized carbons (Fsp3) is 0.300. The van der Waals surface area contributed by atoms with Crippen LogP contribution in [0.1, 0.15) is 5.56 Å². The Hall–Kier alpha value is -1.90. The largest absolute Gasteiger partial charge is 0.573 e. The van der Waals surface area contributed by atoms with Gasteiger partial charge in [0.2, 0.25) is 0 Å². The number of hydrogen-bond donors (Lipinski definition) is 0. The van der Waals surface area contributed by atoms with E-state index in [1.807, 2.05) is 6.07 Å². The number of halogens is 3. The van der Waals surface area contributed by atoms with Crippen LogP contribution in [0.15, 0.2) is 18.2 Å². The summed E-state index contributed by atoms with van der Waals surface area (Å²) in [5, 5.41) is 8.48. The van der Waals surface area contributed by atoms with Crippen molar-refractivity contribution in [1.29, 1.82) is 5.26 Å². The second kappa shape index (κ2) is 4.75. The quantitative estimate of drug-likeness (QED) is 0.803. The van der Waals surface area contributed by atoms with Crippen molar-refractivity contribution < 1.29 is 22.6 Å². The lowest BCUT2D eigenvalue weighted by Gasteiger charge is -2.11. The molecule has 0 fully saturated rings. The smallest absolute Gasteiger partial charge is 0.496 e. The molecule has 0 unspecified atom stereocenters. The van der Waals surface area contributed by atoms with Crippen molar-refractivity contribution in [1.82, 2.24) is 0 Å². The summed E-state index contributed by atoms with van der Waals surface area (Å²) in [4.78, 5) is 0. The Bertz CT molecular complexity index is 410. The van der Waals surface area contributed by atoms with Crippen molar-refractivity contribution in [2.24, 2.45) is 0 Å². The van der Waals surface area contributed by atoms with Crippen LogP contribution in [-0.4, -0.2) is 13.5 Å². The van der Waals surface area contributed by atoms with Crippen LogP contribution < -0.4 is 9.47 Å². The third-order valence-corrected chi connectivity index (χ3v) is 1.76. The number of benzene rings is 1. The van der Waals surface area contributed by atoms with Crippen molar-refractivity contribution >= 4 is 0 Å². The summed E-state index contributed by atoms with van der Waals surface area (Å²) < 4.78 is 44.3. The molecule has 0 spiro atoms. The maximum atomic E-state index is 11.9. The standard InChI is InChI=1S/C10H8F3NO2/c1-15-9-6-8(16-10(11,12)13)3-2-7(9)4-5-14/h2-3,6H,4H2,1H3. The van der Waals surface area contributed by atoms with E-state index < -0.39 is 6.36 Å².